The van der Waals surface area contributed by atoms with Crippen LogP contribution in [0.4, 0.5) is 4.39 Å². The van der Waals surface area contributed by atoms with Gasteiger partial charge in [0, 0.05) is 25.9 Å². The van der Waals surface area contributed by atoms with Gasteiger partial charge in [-0.2, -0.15) is 0 Å². The van der Waals surface area contributed by atoms with Crippen LogP contribution in [0.2, 0.25) is 0 Å². The van der Waals surface area contributed by atoms with Gasteiger partial charge in [-0.15, -0.1) is 24.0 Å². The van der Waals surface area contributed by atoms with Crippen molar-refractivity contribution < 1.29 is 12.8 Å². The summed E-state index contributed by atoms with van der Waals surface area (Å²) in [6.07, 6.45) is 0. The van der Waals surface area contributed by atoms with Crippen molar-refractivity contribution in [3.63, 3.8) is 0 Å². The minimum atomic E-state index is -2.99. The smallest absolute Gasteiger partial charge is 0.191 e. The van der Waals surface area contributed by atoms with Gasteiger partial charge in [0.1, 0.15) is 5.82 Å². The molecule has 0 aliphatic rings. The van der Waals surface area contributed by atoms with Gasteiger partial charge in [-0.05, 0) is 24.1 Å². The fraction of sp³-hybridized carbons (Fsp3) is 0.500. The molecule has 0 bridgehead atoms. The van der Waals surface area contributed by atoms with E-state index in [9.17, 15) is 12.8 Å². The highest BCUT2D eigenvalue weighted by atomic mass is 127. The van der Waals surface area contributed by atoms with Crippen LogP contribution in [0.15, 0.2) is 23.2 Å². The van der Waals surface area contributed by atoms with Gasteiger partial charge < -0.3 is 10.6 Å². The first-order valence-electron chi connectivity index (χ1n) is 6.78. The van der Waals surface area contributed by atoms with Crippen molar-refractivity contribution >= 4 is 39.8 Å². The molecule has 126 valence electrons. The molecule has 1 aromatic rings. The molecule has 1 rings (SSSR count). The van der Waals surface area contributed by atoms with Crippen LogP contribution in [-0.2, 0) is 16.4 Å². The number of nitrogens with one attached hydrogen (secondary N) is 2. The Balaban J connectivity index is 0.00000441. The summed E-state index contributed by atoms with van der Waals surface area (Å²) in [4.78, 5) is 4.01. The summed E-state index contributed by atoms with van der Waals surface area (Å²) in [7, 11) is -1.38. The van der Waals surface area contributed by atoms with Crippen molar-refractivity contribution in [3.05, 3.63) is 35.1 Å². The quantitative estimate of drug-likeness (QED) is 0.400. The Kier molecular flexibility index (Phi) is 9.58. The third-order valence-corrected chi connectivity index (χ3v) is 4.76. The Labute approximate surface area is 148 Å². The Morgan fingerprint density at radius 2 is 2.00 bits per heavy atom. The molecule has 0 amide bonds. The van der Waals surface area contributed by atoms with Crippen molar-refractivity contribution in [3.8, 4) is 0 Å². The maximum Gasteiger partial charge on any atom is 0.191 e. The number of rotatable bonds is 6. The molecule has 0 aromatic heterocycles. The first kappa shape index (κ1) is 21.1. The van der Waals surface area contributed by atoms with Gasteiger partial charge in [-0.25, -0.2) is 12.8 Å². The lowest BCUT2D eigenvalue weighted by atomic mass is 10.1. The molecule has 0 atom stereocenters. The first-order chi connectivity index (χ1) is 9.88. The summed E-state index contributed by atoms with van der Waals surface area (Å²) in [6.45, 7) is 4.13. The number of nitrogens with zero attached hydrogens (tertiary/aromatic N) is 1. The predicted octanol–water partition coefficient (Wildman–Crippen LogP) is 1.85. The van der Waals surface area contributed by atoms with E-state index in [1.165, 1.54) is 6.07 Å². The zero-order valence-electron chi connectivity index (χ0n) is 13.0. The van der Waals surface area contributed by atoms with Crippen molar-refractivity contribution in [2.75, 3.05) is 25.1 Å². The molecule has 0 spiro atoms. The third kappa shape index (κ3) is 7.39. The highest BCUT2D eigenvalue weighted by molar-refractivity contribution is 14.0. The Bertz CT molecular complexity index is 606. The molecule has 0 saturated carbocycles. The summed E-state index contributed by atoms with van der Waals surface area (Å²) in [5.74, 6) is 0.490. The normalized spacial score (nSPS) is 11.7. The highest BCUT2D eigenvalue weighted by Crippen LogP contribution is 2.08. The maximum absolute atomic E-state index is 13.2. The van der Waals surface area contributed by atoms with Crippen LogP contribution in [0.3, 0.4) is 0 Å². The molecule has 0 aliphatic heterocycles. The number of hydrogen-bond donors (Lipinski definition) is 2. The average molecular weight is 443 g/mol. The SMILES string of the molecule is CCS(=O)(=O)CCNC(=NC)NCc1ccc(F)c(C)c1.I. The second-order valence-corrected chi connectivity index (χ2v) is 7.15. The fourth-order valence-corrected chi connectivity index (χ4v) is 2.39. The van der Waals surface area contributed by atoms with E-state index < -0.39 is 9.84 Å². The van der Waals surface area contributed by atoms with Crippen LogP contribution in [0.25, 0.3) is 0 Å². The molecule has 0 unspecified atom stereocenters. The zero-order valence-corrected chi connectivity index (χ0v) is 16.2. The molecule has 5 nitrogen and oxygen atoms in total. The monoisotopic (exact) mass is 443 g/mol. The van der Waals surface area contributed by atoms with Crippen LogP contribution in [-0.4, -0.2) is 39.5 Å². The van der Waals surface area contributed by atoms with Crippen molar-refractivity contribution in [2.24, 2.45) is 4.99 Å². The molecule has 0 radical (unpaired) electrons. The first-order valence-corrected chi connectivity index (χ1v) is 8.60. The molecule has 1 aromatic carbocycles. The Morgan fingerprint density at radius 3 is 2.55 bits per heavy atom. The number of sulfone groups is 1. The molecule has 0 heterocycles. The third-order valence-electron chi connectivity index (χ3n) is 3.05. The minimum Gasteiger partial charge on any atom is -0.355 e. The van der Waals surface area contributed by atoms with Crippen LogP contribution in [0, 0.1) is 12.7 Å². The van der Waals surface area contributed by atoms with E-state index in [0.29, 0.717) is 24.6 Å². The number of aliphatic imine (C=N–C) groups is 1. The number of halogens is 2. The van der Waals surface area contributed by atoms with E-state index >= 15 is 0 Å². The summed E-state index contributed by atoms with van der Waals surface area (Å²) >= 11 is 0. The fourth-order valence-electron chi connectivity index (χ4n) is 1.69. The summed E-state index contributed by atoms with van der Waals surface area (Å²) in [5, 5.41) is 6.00. The summed E-state index contributed by atoms with van der Waals surface area (Å²) < 4.78 is 35.9. The van der Waals surface area contributed by atoms with Gasteiger partial charge in [-0.3, -0.25) is 4.99 Å². The van der Waals surface area contributed by atoms with E-state index in [1.54, 1.807) is 33.0 Å². The van der Waals surface area contributed by atoms with Crippen molar-refractivity contribution in [1.29, 1.82) is 0 Å². The van der Waals surface area contributed by atoms with E-state index in [0.717, 1.165) is 5.56 Å². The molecular formula is C14H23FIN3O2S. The van der Waals surface area contributed by atoms with E-state index in [-0.39, 0.29) is 41.3 Å². The molecular weight excluding hydrogens is 420 g/mol. The number of aryl methyl sites for hydroxylation is 1. The standard InChI is InChI=1S/C14H22FN3O2S.HI/c1-4-21(19,20)8-7-17-14(16-3)18-10-12-5-6-13(15)11(2)9-12;/h5-6,9H,4,7-8,10H2,1-3H3,(H2,16,17,18);1H. The molecule has 22 heavy (non-hydrogen) atoms. The van der Waals surface area contributed by atoms with E-state index in [4.69, 9.17) is 0 Å². The summed E-state index contributed by atoms with van der Waals surface area (Å²) in [5.41, 5.74) is 1.52. The minimum absolute atomic E-state index is 0. The van der Waals surface area contributed by atoms with Gasteiger partial charge in [0.05, 0.1) is 5.75 Å². The molecule has 0 aliphatic carbocycles. The largest absolute Gasteiger partial charge is 0.355 e. The van der Waals surface area contributed by atoms with E-state index in [1.807, 2.05) is 0 Å². The van der Waals surface area contributed by atoms with Crippen molar-refractivity contribution in [1.82, 2.24) is 10.6 Å². The average Bonchev–Trinajstić information content (AvgIpc) is 2.46. The van der Waals surface area contributed by atoms with Gasteiger partial charge in [0.25, 0.3) is 0 Å². The van der Waals surface area contributed by atoms with Gasteiger partial charge in [0.2, 0.25) is 0 Å². The van der Waals surface area contributed by atoms with Crippen molar-refractivity contribution in [2.45, 2.75) is 20.4 Å². The number of guanidine groups is 1. The number of benzene rings is 1. The lowest BCUT2D eigenvalue weighted by Gasteiger charge is -2.12. The van der Waals surface area contributed by atoms with Crippen LogP contribution < -0.4 is 10.6 Å². The van der Waals surface area contributed by atoms with Crippen LogP contribution in [0.1, 0.15) is 18.1 Å². The molecule has 8 heteroatoms. The maximum atomic E-state index is 13.2. The Hall–Kier alpha value is -0.900. The topological polar surface area (TPSA) is 70.6 Å². The second kappa shape index (κ2) is 9.98. The lowest BCUT2D eigenvalue weighted by molar-refractivity contribution is 0.595. The zero-order chi connectivity index (χ0) is 15.9. The second-order valence-electron chi connectivity index (χ2n) is 4.67. The lowest BCUT2D eigenvalue weighted by Crippen LogP contribution is -2.39. The molecule has 0 saturated heterocycles. The van der Waals surface area contributed by atoms with Crippen LogP contribution in [0.5, 0.6) is 0 Å². The summed E-state index contributed by atoms with van der Waals surface area (Å²) in [6, 6.07) is 4.89. The predicted molar refractivity (Wildman–Crippen MR) is 99.1 cm³/mol. The van der Waals surface area contributed by atoms with Gasteiger partial charge in [0.15, 0.2) is 15.8 Å². The highest BCUT2D eigenvalue weighted by Gasteiger charge is 2.07. The van der Waals surface area contributed by atoms with Gasteiger partial charge in [-0.1, -0.05) is 19.1 Å². The molecule has 0 fully saturated rings. The Morgan fingerprint density at radius 1 is 1.32 bits per heavy atom. The van der Waals surface area contributed by atoms with E-state index in [2.05, 4.69) is 15.6 Å². The van der Waals surface area contributed by atoms with Gasteiger partial charge >= 0.3 is 0 Å². The molecule has 2 N–H and O–H groups in total. The van der Waals surface area contributed by atoms with Crippen LogP contribution >= 0.6 is 24.0 Å². The number of hydrogen-bond acceptors (Lipinski definition) is 3.